The zero-order chi connectivity index (χ0) is 22.8. The zero-order valence-electron chi connectivity index (χ0n) is 18.4. The van der Waals surface area contributed by atoms with Gasteiger partial charge in [0.05, 0.1) is 18.1 Å². The Balaban J connectivity index is 1.60. The average Bonchev–Trinajstić information content (AvgIpc) is 2.95. The second-order valence-corrected chi connectivity index (χ2v) is 10.8. The lowest BCUT2D eigenvalue weighted by Gasteiger charge is -2.46. The first kappa shape index (κ1) is 21.8. The van der Waals surface area contributed by atoms with Crippen molar-refractivity contribution in [1.82, 2.24) is 19.9 Å². The zero-order valence-corrected chi connectivity index (χ0v) is 20.0. The molecule has 2 aromatic heterocycles. The third kappa shape index (κ3) is 3.51. The number of carbonyl (C=O) groups is 1. The van der Waals surface area contributed by atoms with Crippen LogP contribution in [-0.4, -0.2) is 68.6 Å². The van der Waals surface area contributed by atoms with Crippen molar-refractivity contribution in [3.05, 3.63) is 11.0 Å². The number of anilines is 1. The molecule has 2 aromatic rings. The van der Waals surface area contributed by atoms with E-state index in [1.807, 2.05) is 32.6 Å². The van der Waals surface area contributed by atoms with Crippen molar-refractivity contribution in [3.8, 4) is 5.88 Å². The van der Waals surface area contributed by atoms with Crippen molar-refractivity contribution in [2.24, 2.45) is 0 Å². The van der Waals surface area contributed by atoms with Gasteiger partial charge in [0.2, 0.25) is 5.88 Å². The number of rotatable bonds is 2. The minimum absolute atomic E-state index is 0.0231. The number of carbonyl (C=O) groups excluding carboxylic acids is 1. The minimum atomic E-state index is -0.676. The molecule has 8 nitrogen and oxygen atoms in total. The highest BCUT2D eigenvalue weighted by Crippen LogP contribution is 2.44. The predicted molar refractivity (Wildman–Crippen MR) is 120 cm³/mol. The first-order valence-electron chi connectivity index (χ1n) is 10.8. The van der Waals surface area contributed by atoms with Gasteiger partial charge in [0.15, 0.2) is 16.1 Å². The molecule has 5 heterocycles. The molecule has 172 valence electrons. The van der Waals surface area contributed by atoms with Gasteiger partial charge in [-0.2, -0.15) is 4.98 Å². The molecule has 1 amide bonds. The molecular formula is C21H25ClFN5O3S. The van der Waals surface area contributed by atoms with E-state index in [-0.39, 0.29) is 47.4 Å². The summed E-state index contributed by atoms with van der Waals surface area (Å²) in [5.74, 6) is 0.885. The van der Waals surface area contributed by atoms with Crippen molar-refractivity contribution in [2.75, 3.05) is 23.8 Å². The summed E-state index contributed by atoms with van der Waals surface area (Å²) >= 11 is 7.49. The third-order valence-electron chi connectivity index (χ3n) is 6.01. The highest BCUT2D eigenvalue weighted by Gasteiger charge is 2.51. The highest BCUT2D eigenvalue weighted by molar-refractivity contribution is 7.99. The SMILES string of the molecule is CCSc1nc2c3c(nc(Cl)c(F)c3n1)OC[C@@H]1[C@@H]3CC[C@H](CN21)N3C(=O)OC(C)(C)C. The molecule has 5 rings (SSSR count). The lowest BCUT2D eigenvalue weighted by atomic mass is 10.0. The molecule has 0 aromatic carbocycles. The van der Waals surface area contributed by atoms with Crippen LogP contribution < -0.4 is 9.64 Å². The fourth-order valence-corrected chi connectivity index (χ4v) is 5.56. The van der Waals surface area contributed by atoms with E-state index in [4.69, 9.17) is 26.1 Å². The Morgan fingerprint density at radius 3 is 2.78 bits per heavy atom. The molecule has 3 aliphatic rings. The average molecular weight is 482 g/mol. The smallest absolute Gasteiger partial charge is 0.410 e. The van der Waals surface area contributed by atoms with Crippen molar-refractivity contribution in [2.45, 2.75) is 69.4 Å². The van der Waals surface area contributed by atoms with Crippen molar-refractivity contribution < 1.29 is 18.7 Å². The summed E-state index contributed by atoms with van der Waals surface area (Å²) in [6.45, 7) is 8.40. The fourth-order valence-electron chi connectivity index (χ4n) is 4.83. The Hall–Kier alpha value is -2.07. The summed E-state index contributed by atoms with van der Waals surface area (Å²) in [6, 6.07) is -0.301. The number of hydrogen-bond acceptors (Lipinski definition) is 8. The van der Waals surface area contributed by atoms with Gasteiger partial charge in [-0.1, -0.05) is 30.3 Å². The Morgan fingerprint density at radius 2 is 2.06 bits per heavy atom. The number of piperazine rings is 1. The lowest BCUT2D eigenvalue weighted by molar-refractivity contribution is 0.00539. The van der Waals surface area contributed by atoms with E-state index in [9.17, 15) is 9.18 Å². The number of halogens is 2. The Morgan fingerprint density at radius 1 is 1.28 bits per heavy atom. The van der Waals surface area contributed by atoms with Crippen LogP contribution in [0.25, 0.3) is 10.9 Å². The first-order valence-corrected chi connectivity index (χ1v) is 12.1. The van der Waals surface area contributed by atoms with Crippen LogP contribution in [0, 0.1) is 5.82 Å². The van der Waals surface area contributed by atoms with E-state index in [1.54, 1.807) is 0 Å². The van der Waals surface area contributed by atoms with Gasteiger partial charge in [-0.25, -0.2) is 19.2 Å². The summed E-state index contributed by atoms with van der Waals surface area (Å²) in [5.41, 5.74) is -0.462. The number of hydrogen-bond donors (Lipinski definition) is 0. The maximum absolute atomic E-state index is 14.9. The summed E-state index contributed by atoms with van der Waals surface area (Å²) < 4.78 is 26.7. The fraction of sp³-hybridized carbons (Fsp3) is 0.619. The summed E-state index contributed by atoms with van der Waals surface area (Å²) in [6.07, 6.45) is 1.38. The Bertz CT molecular complexity index is 1100. The lowest BCUT2D eigenvalue weighted by Crippen LogP contribution is -2.63. The summed E-state index contributed by atoms with van der Waals surface area (Å²) in [4.78, 5) is 30.3. The third-order valence-corrected chi connectivity index (χ3v) is 6.99. The second-order valence-electron chi connectivity index (χ2n) is 9.23. The van der Waals surface area contributed by atoms with E-state index in [1.165, 1.54) is 11.8 Å². The molecule has 0 saturated carbocycles. The first-order chi connectivity index (χ1) is 15.2. The summed E-state index contributed by atoms with van der Waals surface area (Å²) in [5, 5.41) is 0.631. The van der Waals surface area contributed by atoms with Gasteiger partial charge < -0.3 is 14.4 Å². The molecule has 32 heavy (non-hydrogen) atoms. The standard InChI is InChI=1S/C21H25ClFN5O3S/c1-5-32-19-24-15-13-17(26-19)27-8-10-6-7-11(28(10)20(29)31-21(2,3)4)12(27)9-30-18(13)25-16(22)14(15)23/h10-12H,5-9H2,1-4H3/t10-,11+,12-/m1/s1. The molecule has 2 bridgehead atoms. The molecule has 0 radical (unpaired) electrons. The van der Waals surface area contributed by atoms with Crippen molar-refractivity contribution in [3.63, 3.8) is 0 Å². The molecule has 11 heteroatoms. The van der Waals surface area contributed by atoms with E-state index >= 15 is 0 Å². The Kier molecular flexibility index (Phi) is 5.28. The van der Waals surface area contributed by atoms with E-state index < -0.39 is 11.4 Å². The molecule has 3 aliphatic heterocycles. The molecule has 0 N–H and O–H groups in total. The number of amides is 1. The van der Waals surface area contributed by atoms with Gasteiger partial charge in [0.1, 0.15) is 28.9 Å². The normalized spacial score (nSPS) is 24.2. The largest absolute Gasteiger partial charge is 0.475 e. The van der Waals surface area contributed by atoms with Crippen LogP contribution in [-0.2, 0) is 4.74 Å². The van der Waals surface area contributed by atoms with Crippen molar-refractivity contribution >= 4 is 46.2 Å². The molecule has 0 aliphatic carbocycles. The quantitative estimate of drug-likeness (QED) is 0.357. The second kappa shape index (κ2) is 7.76. The maximum Gasteiger partial charge on any atom is 0.410 e. The van der Waals surface area contributed by atoms with Crippen LogP contribution in [0.2, 0.25) is 5.15 Å². The van der Waals surface area contributed by atoms with Crippen LogP contribution >= 0.6 is 23.4 Å². The van der Waals surface area contributed by atoms with Gasteiger partial charge in [0.25, 0.3) is 0 Å². The predicted octanol–water partition coefficient (Wildman–Crippen LogP) is 4.28. The molecular weight excluding hydrogens is 457 g/mol. The number of ether oxygens (including phenoxy) is 2. The molecule has 2 saturated heterocycles. The van der Waals surface area contributed by atoms with Gasteiger partial charge in [-0.15, -0.1) is 0 Å². The summed E-state index contributed by atoms with van der Waals surface area (Å²) in [7, 11) is 0. The number of thioether (sulfide) groups is 1. The minimum Gasteiger partial charge on any atom is -0.475 e. The number of fused-ring (bicyclic) bond motifs is 5. The van der Waals surface area contributed by atoms with E-state index in [0.717, 1.165) is 18.6 Å². The van der Waals surface area contributed by atoms with Gasteiger partial charge in [-0.3, -0.25) is 4.90 Å². The molecule has 0 spiro atoms. The molecule has 0 unspecified atom stereocenters. The van der Waals surface area contributed by atoms with Crippen LogP contribution in [0.4, 0.5) is 15.0 Å². The van der Waals surface area contributed by atoms with Crippen LogP contribution in [0.1, 0.15) is 40.5 Å². The van der Waals surface area contributed by atoms with Gasteiger partial charge >= 0.3 is 6.09 Å². The number of pyridine rings is 1. The number of nitrogens with zero attached hydrogens (tertiary/aromatic N) is 5. The van der Waals surface area contributed by atoms with Crippen LogP contribution in [0.3, 0.4) is 0 Å². The molecule has 2 fully saturated rings. The van der Waals surface area contributed by atoms with Gasteiger partial charge in [-0.05, 0) is 39.4 Å². The van der Waals surface area contributed by atoms with E-state index in [0.29, 0.717) is 22.9 Å². The van der Waals surface area contributed by atoms with Crippen LogP contribution in [0.5, 0.6) is 5.88 Å². The van der Waals surface area contributed by atoms with Crippen LogP contribution in [0.15, 0.2) is 5.16 Å². The number of aromatic nitrogens is 3. The van der Waals surface area contributed by atoms with Crippen molar-refractivity contribution in [1.29, 1.82) is 0 Å². The molecule has 3 atom stereocenters. The topological polar surface area (TPSA) is 80.7 Å². The van der Waals surface area contributed by atoms with E-state index in [2.05, 4.69) is 14.9 Å². The maximum atomic E-state index is 14.9. The highest BCUT2D eigenvalue weighted by atomic mass is 35.5. The van der Waals surface area contributed by atoms with Gasteiger partial charge in [0, 0.05) is 6.54 Å². The monoisotopic (exact) mass is 481 g/mol. The Labute approximate surface area is 194 Å².